The third-order valence-electron chi connectivity index (χ3n) is 4.95. The number of hydrogen-bond acceptors (Lipinski definition) is 3. The highest BCUT2D eigenvalue weighted by Gasteiger charge is 2.24. The number of carbonyl (C=O) groups is 2. The summed E-state index contributed by atoms with van der Waals surface area (Å²) in [5.74, 6) is 0.823. The van der Waals surface area contributed by atoms with Crippen LogP contribution in [0.25, 0.3) is 0 Å². The molecule has 0 radical (unpaired) electrons. The molecule has 1 aliphatic rings. The average molecular weight is 345 g/mol. The van der Waals surface area contributed by atoms with E-state index in [4.69, 9.17) is 0 Å². The Balaban J connectivity index is 1.65. The van der Waals surface area contributed by atoms with Crippen LogP contribution in [-0.2, 0) is 16.0 Å². The van der Waals surface area contributed by atoms with Crippen molar-refractivity contribution in [3.05, 3.63) is 35.4 Å². The Kier molecular flexibility index (Phi) is 7.44. The van der Waals surface area contributed by atoms with Gasteiger partial charge in [0.15, 0.2) is 0 Å². The second-order valence-electron chi connectivity index (χ2n) is 7.16. The predicted molar refractivity (Wildman–Crippen MR) is 100 cm³/mol. The molecule has 1 saturated heterocycles. The molecule has 138 valence electrons. The van der Waals surface area contributed by atoms with Gasteiger partial charge in [0.05, 0.1) is 6.54 Å². The summed E-state index contributed by atoms with van der Waals surface area (Å²) in [6, 6.07) is 8.62. The van der Waals surface area contributed by atoms with Gasteiger partial charge in [-0.15, -0.1) is 0 Å². The summed E-state index contributed by atoms with van der Waals surface area (Å²) in [5, 5.41) is 5.71. The van der Waals surface area contributed by atoms with E-state index in [0.717, 1.165) is 32.4 Å². The summed E-state index contributed by atoms with van der Waals surface area (Å²) in [6.45, 7) is 7.07. The lowest BCUT2D eigenvalue weighted by molar-refractivity contribution is -0.126. The van der Waals surface area contributed by atoms with Crippen molar-refractivity contribution in [1.82, 2.24) is 15.5 Å². The third kappa shape index (κ3) is 6.16. The number of amides is 2. The molecule has 0 aliphatic carbocycles. The van der Waals surface area contributed by atoms with Crippen molar-refractivity contribution in [2.45, 2.75) is 39.0 Å². The molecule has 2 N–H and O–H groups in total. The van der Waals surface area contributed by atoms with Gasteiger partial charge in [-0.2, -0.15) is 0 Å². The average Bonchev–Trinajstić information content (AvgIpc) is 2.62. The number of benzene rings is 1. The number of nitrogens with one attached hydrogen (secondary N) is 2. The molecule has 1 aliphatic heterocycles. The summed E-state index contributed by atoms with van der Waals surface area (Å²) in [6.07, 6.45) is 2.51. The Morgan fingerprint density at radius 2 is 1.80 bits per heavy atom. The first kappa shape index (κ1) is 19.4. The van der Waals surface area contributed by atoms with Crippen LogP contribution in [0.5, 0.6) is 0 Å². The van der Waals surface area contributed by atoms with Gasteiger partial charge in [0.1, 0.15) is 0 Å². The Morgan fingerprint density at radius 3 is 2.36 bits per heavy atom. The van der Waals surface area contributed by atoms with E-state index >= 15 is 0 Å². The number of hydrogen-bond donors (Lipinski definition) is 2. The number of nitrogens with zero attached hydrogens (tertiary/aromatic N) is 1. The summed E-state index contributed by atoms with van der Waals surface area (Å²) < 4.78 is 0. The smallest absolute Gasteiger partial charge is 0.234 e. The van der Waals surface area contributed by atoms with Crippen LogP contribution in [0.1, 0.15) is 43.7 Å². The van der Waals surface area contributed by atoms with Crippen LogP contribution in [0.3, 0.4) is 0 Å². The van der Waals surface area contributed by atoms with E-state index < -0.39 is 0 Å². The van der Waals surface area contributed by atoms with Crippen molar-refractivity contribution in [3.8, 4) is 0 Å². The lowest BCUT2D eigenvalue weighted by atomic mass is 9.96. The first-order valence-corrected chi connectivity index (χ1v) is 9.29. The van der Waals surface area contributed by atoms with Gasteiger partial charge < -0.3 is 10.6 Å². The maximum Gasteiger partial charge on any atom is 0.234 e. The third-order valence-corrected chi connectivity index (χ3v) is 4.95. The van der Waals surface area contributed by atoms with Crippen molar-refractivity contribution in [2.24, 2.45) is 5.92 Å². The molecule has 5 heteroatoms. The molecule has 25 heavy (non-hydrogen) atoms. The van der Waals surface area contributed by atoms with Crippen molar-refractivity contribution < 1.29 is 9.59 Å². The maximum absolute atomic E-state index is 12.1. The molecule has 1 aromatic rings. The molecular formula is C20H31N3O2. The summed E-state index contributed by atoms with van der Waals surface area (Å²) >= 11 is 0. The minimum Gasteiger partial charge on any atom is -0.359 e. The molecule has 1 heterocycles. The van der Waals surface area contributed by atoms with Gasteiger partial charge in [0.25, 0.3) is 0 Å². The molecule has 0 unspecified atom stereocenters. The van der Waals surface area contributed by atoms with E-state index in [-0.39, 0.29) is 17.7 Å². The fourth-order valence-electron chi connectivity index (χ4n) is 3.23. The molecule has 0 spiro atoms. The minimum atomic E-state index is 0.0668. The molecule has 0 saturated carbocycles. The molecule has 0 aromatic heterocycles. The quantitative estimate of drug-likeness (QED) is 0.794. The van der Waals surface area contributed by atoms with E-state index in [1.54, 1.807) is 7.05 Å². The monoisotopic (exact) mass is 345 g/mol. The second kappa shape index (κ2) is 9.56. The Bertz CT molecular complexity index is 561. The first-order chi connectivity index (χ1) is 12.0. The fraction of sp³-hybridized carbons (Fsp3) is 0.600. The lowest BCUT2D eigenvalue weighted by Gasteiger charge is -2.30. The molecule has 0 bridgehead atoms. The summed E-state index contributed by atoms with van der Waals surface area (Å²) in [5.41, 5.74) is 2.59. The molecule has 5 nitrogen and oxygen atoms in total. The van der Waals surface area contributed by atoms with Crippen molar-refractivity contribution >= 4 is 11.8 Å². The Morgan fingerprint density at radius 1 is 1.16 bits per heavy atom. The van der Waals surface area contributed by atoms with Crippen LogP contribution < -0.4 is 10.6 Å². The second-order valence-corrected chi connectivity index (χ2v) is 7.16. The van der Waals surface area contributed by atoms with Crippen LogP contribution >= 0.6 is 0 Å². The van der Waals surface area contributed by atoms with E-state index in [2.05, 4.69) is 53.6 Å². The van der Waals surface area contributed by atoms with E-state index in [1.807, 2.05) is 0 Å². The first-order valence-electron chi connectivity index (χ1n) is 9.29. The van der Waals surface area contributed by atoms with Crippen LogP contribution in [0.4, 0.5) is 0 Å². The predicted octanol–water partition coefficient (Wildman–Crippen LogP) is 1.93. The van der Waals surface area contributed by atoms with Gasteiger partial charge in [-0.05, 0) is 49.4 Å². The van der Waals surface area contributed by atoms with Gasteiger partial charge in [0.2, 0.25) is 11.8 Å². The van der Waals surface area contributed by atoms with Gasteiger partial charge in [0, 0.05) is 19.5 Å². The zero-order chi connectivity index (χ0) is 18.2. The van der Waals surface area contributed by atoms with Gasteiger partial charge in [-0.25, -0.2) is 0 Å². The zero-order valence-electron chi connectivity index (χ0n) is 15.7. The zero-order valence-corrected chi connectivity index (χ0v) is 15.7. The van der Waals surface area contributed by atoms with Crippen LogP contribution in [-0.4, -0.2) is 49.9 Å². The Hall–Kier alpha value is -1.88. The number of rotatable bonds is 7. The van der Waals surface area contributed by atoms with Crippen LogP contribution in [0, 0.1) is 5.92 Å². The highest BCUT2D eigenvalue weighted by molar-refractivity contribution is 5.79. The molecule has 2 rings (SSSR count). The highest BCUT2D eigenvalue weighted by atomic mass is 16.2. The van der Waals surface area contributed by atoms with E-state index in [9.17, 15) is 9.59 Å². The number of carbonyl (C=O) groups excluding carboxylic acids is 2. The number of likely N-dealkylation sites (tertiary alicyclic amines) is 1. The van der Waals surface area contributed by atoms with Crippen molar-refractivity contribution in [2.75, 3.05) is 33.2 Å². The largest absolute Gasteiger partial charge is 0.359 e. The molecule has 2 amide bonds. The highest BCUT2D eigenvalue weighted by Crippen LogP contribution is 2.17. The SMILES string of the molecule is CNC(=O)C1CCN(CC(=O)NCCc2ccc(C(C)C)cc2)CC1. The van der Waals surface area contributed by atoms with Crippen LogP contribution in [0.2, 0.25) is 0 Å². The summed E-state index contributed by atoms with van der Waals surface area (Å²) in [7, 11) is 1.68. The lowest BCUT2D eigenvalue weighted by Crippen LogP contribution is -2.44. The van der Waals surface area contributed by atoms with Gasteiger partial charge in [-0.3, -0.25) is 14.5 Å². The Labute approximate surface area is 151 Å². The minimum absolute atomic E-state index is 0.0668. The molecule has 0 atom stereocenters. The van der Waals surface area contributed by atoms with Gasteiger partial charge >= 0.3 is 0 Å². The molecule has 1 fully saturated rings. The van der Waals surface area contributed by atoms with Gasteiger partial charge in [-0.1, -0.05) is 38.1 Å². The fourth-order valence-corrected chi connectivity index (χ4v) is 3.23. The number of piperidine rings is 1. The maximum atomic E-state index is 12.1. The summed E-state index contributed by atoms with van der Waals surface area (Å²) in [4.78, 5) is 25.8. The van der Waals surface area contributed by atoms with Crippen molar-refractivity contribution in [3.63, 3.8) is 0 Å². The van der Waals surface area contributed by atoms with E-state index in [1.165, 1.54) is 11.1 Å². The van der Waals surface area contributed by atoms with E-state index in [0.29, 0.717) is 19.0 Å². The normalized spacial score (nSPS) is 16.0. The molecular weight excluding hydrogens is 314 g/mol. The van der Waals surface area contributed by atoms with Crippen LogP contribution in [0.15, 0.2) is 24.3 Å². The standard InChI is InChI=1S/C20H31N3O2/c1-15(2)17-6-4-16(5-7-17)8-11-22-19(24)14-23-12-9-18(10-13-23)20(25)21-3/h4-7,15,18H,8-14H2,1-3H3,(H,21,25)(H,22,24). The molecule has 1 aromatic carbocycles. The topological polar surface area (TPSA) is 61.4 Å². The van der Waals surface area contributed by atoms with Crippen molar-refractivity contribution in [1.29, 1.82) is 0 Å².